The Morgan fingerprint density at radius 3 is 2.88 bits per heavy atom. The summed E-state index contributed by atoms with van der Waals surface area (Å²) in [6, 6.07) is 0.148. The number of imidazole rings is 1. The van der Waals surface area contributed by atoms with Gasteiger partial charge in [0.05, 0.1) is 18.1 Å². The molecule has 0 N–H and O–H groups in total. The van der Waals surface area contributed by atoms with E-state index in [1.807, 2.05) is 15.7 Å². The van der Waals surface area contributed by atoms with Crippen LogP contribution in [-0.4, -0.2) is 31.9 Å². The minimum absolute atomic E-state index is 0.0552. The van der Waals surface area contributed by atoms with E-state index in [9.17, 15) is 4.79 Å². The van der Waals surface area contributed by atoms with Crippen molar-refractivity contribution in [3.05, 3.63) is 34.8 Å². The zero-order valence-electron chi connectivity index (χ0n) is 14.7. The number of carbonyl (C=O) groups is 1. The normalized spacial score (nSPS) is 18.8. The van der Waals surface area contributed by atoms with Gasteiger partial charge in [-0.1, -0.05) is 20.8 Å². The Kier molecular flexibility index (Phi) is 5.04. The SMILES string of the molecule is CC(C)(C)c1csc([C@@H]2CCCCN2C(=O)CCn2ccnc2)n1. The molecule has 2 aromatic heterocycles. The van der Waals surface area contributed by atoms with Crippen molar-refractivity contribution in [2.75, 3.05) is 6.54 Å². The lowest BCUT2D eigenvalue weighted by atomic mass is 9.93. The first-order valence-electron chi connectivity index (χ1n) is 8.66. The number of thiazole rings is 1. The molecule has 0 bridgehead atoms. The van der Waals surface area contributed by atoms with Crippen molar-refractivity contribution < 1.29 is 4.79 Å². The number of piperidine rings is 1. The first kappa shape index (κ1) is 17.1. The number of aryl methyl sites for hydroxylation is 1. The van der Waals surface area contributed by atoms with Crippen LogP contribution in [0.5, 0.6) is 0 Å². The molecule has 24 heavy (non-hydrogen) atoms. The fourth-order valence-corrected chi connectivity index (χ4v) is 4.25. The molecule has 2 aromatic rings. The Balaban J connectivity index is 1.70. The summed E-state index contributed by atoms with van der Waals surface area (Å²) in [4.78, 5) is 23.7. The van der Waals surface area contributed by atoms with Crippen molar-refractivity contribution in [3.8, 4) is 0 Å². The Labute approximate surface area is 147 Å². The first-order valence-corrected chi connectivity index (χ1v) is 9.54. The first-order chi connectivity index (χ1) is 11.4. The number of rotatable bonds is 4. The molecular formula is C18H26N4OS. The average Bonchev–Trinajstić information content (AvgIpc) is 3.23. The zero-order valence-corrected chi connectivity index (χ0v) is 15.6. The molecule has 3 heterocycles. The topological polar surface area (TPSA) is 51.0 Å². The summed E-state index contributed by atoms with van der Waals surface area (Å²) in [5, 5.41) is 3.24. The van der Waals surface area contributed by atoms with Crippen LogP contribution < -0.4 is 0 Å². The molecule has 0 unspecified atom stereocenters. The molecule has 0 saturated carbocycles. The third-order valence-corrected chi connectivity index (χ3v) is 5.49. The smallest absolute Gasteiger partial charge is 0.224 e. The largest absolute Gasteiger partial charge is 0.337 e. The van der Waals surface area contributed by atoms with E-state index < -0.39 is 0 Å². The predicted octanol–water partition coefficient (Wildman–Crippen LogP) is 3.78. The van der Waals surface area contributed by atoms with E-state index in [2.05, 4.69) is 31.1 Å². The van der Waals surface area contributed by atoms with Crippen LogP contribution in [0, 0.1) is 0 Å². The fourth-order valence-electron chi connectivity index (χ4n) is 3.06. The molecule has 5 nitrogen and oxygen atoms in total. The van der Waals surface area contributed by atoms with Crippen LogP contribution in [-0.2, 0) is 16.8 Å². The minimum Gasteiger partial charge on any atom is -0.337 e. The number of likely N-dealkylation sites (tertiary alicyclic amines) is 1. The monoisotopic (exact) mass is 346 g/mol. The molecule has 6 heteroatoms. The van der Waals surface area contributed by atoms with E-state index >= 15 is 0 Å². The quantitative estimate of drug-likeness (QED) is 0.846. The van der Waals surface area contributed by atoms with E-state index in [0.717, 1.165) is 30.1 Å². The van der Waals surface area contributed by atoms with Gasteiger partial charge in [0.15, 0.2) is 0 Å². The van der Waals surface area contributed by atoms with Gasteiger partial charge in [0.25, 0.3) is 0 Å². The summed E-state index contributed by atoms with van der Waals surface area (Å²) < 4.78 is 1.96. The highest BCUT2D eigenvalue weighted by molar-refractivity contribution is 7.09. The van der Waals surface area contributed by atoms with Gasteiger partial charge in [-0.05, 0) is 19.3 Å². The molecule has 1 amide bonds. The highest BCUT2D eigenvalue weighted by Crippen LogP contribution is 2.35. The summed E-state index contributed by atoms with van der Waals surface area (Å²) in [5.41, 5.74) is 1.18. The van der Waals surface area contributed by atoms with Crippen LogP contribution in [0.1, 0.15) is 63.2 Å². The maximum absolute atomic E-state index is 12.7. The second-order valence-corrected chi connectivity index (χ2v) is 8.36. The van der Waals surface area contributed by atoms with Gasteiger partial charge < -0.3 is 9.47 Å². The minimum atomic E-state index is 0.0552. The summed E-state index contributed by atoms with van der Waals surface area (Å²) in [7, 11) is 0. The van der Waals surface area contributed by atoms with Crippen LogP contribution in [0.15, 0.2) is 24.1 Å². The molecule has 0 spiro atoms. The summed E-state index contributed by atoms with van der Waals surface area (Å²) in [5.74, 6) is 0.223. The van der Waals surface area contributed by atoms with Crippen LogP contribution in [0.2, 0.25) is 0 Å². The van der Waals surface area contributed by atoms with Crippen molar-refractivity contribution in [3.63, 3.8) is 0 Å². The molecule has 0 aliphatic carbocycles. The van der Waals surface area contributed by atoms with Crippen LogP contribution in [0.25, 0.3) is 0 Å². The molecule has 130 valence electrons. The summed E-state index contributed by atoms with van der Waals surface area (Å²) >= 11 is 1.70. The lowest BCUT2D eigenvalue weighted by Gasteiger charge is -2.34. The van der Waals surface area contributed by atoms with Crippen molar-refractivity contribution in [2.24, 2.45) is 0 Å². The third-order valence-electron chi connectivity index (χ3n) is 4.54. The maximum atomic E-state index is 12.7. The lowest BCUT2D eigenvalue weighted by Crippen LogP contribution is -2.38. The van der Waals surface area contributed by atoms with E-state index in [4.69, 9.17) is 4.98 Å². The Morgan fingerprint density at radius 1 is 1.38 bits per heavy atom. The zero-order chi connectivity index (χ0) is 17.2. The molecule has 0 radical (unpaired) electrons. The lowest BCUT2D eigenvalue weighted by molar-refractivity contribution is -0.135. The molecule has 1 aliphatic heterocycles. The number of amides is 1. The second-order valence-electron chi connectivity index (χ2n) is 7.47. The number of hydrogen-bond donors (Lipinski definition) is 0. The van der Waals surface area contributed by atoms with Crippen molar-refractivity contribution in [2.45, 2.75) is 64.5 Å². The summed E-state index contributed by atoms with van der Waals surface area (Å²) in [6.07, 6.45) is 9.20. The van der Waals surface area contributed by atoms with Gasteiger partial charge in [-0.3, -0.25) is 4.79 Å². The fraction of sp³-hybridized carbons (Fsp3) is 0.611. The standard InChI is InChI=1S/C18H26N4OS/c1-18(2,3)15-12-24-17(20-15)14-6-4-5-9-22(14)16(23)7-10-21-11-8-19-13-21/h8,11-14H,4-7,9-10H2,1-3H3/t14-/m0/s1. The predicted molar refractivity (Wildman–Crippen MR) is 96.0 cm³/mol. The van der Waals surface area contributed by atoms with Gasteiger partial charge in [-0.2, -0.15) is 0 Å². The van der Waals surface area contributed by atoms with Gasteiger partial charge in [0.2, 0.25) is 5.91 Å². The second kappa shape index (κ2) is 7.05. The molecule has 1 fully saturated rings. The highest BCUT2D eigenvalue weighted by Gasteiger charge is 2.30. The van der Waals surface area contributed by atoms with Crippen molar-refractivity contribution in [1.29, 1.82) is 0 Å². The van der Waals surface area contributed by atoms with Gasteiger partial charge in [-0.25, -0.2) is 9.97 Å². The molecule has 1 saturated heterocycles. The van der Waals surface area contributed by atoms with Crippen molar-refractivity contribution >= 4 is 17.2 Å². The van der Waals surface area contributed by atoms with E-state index in [0.29, 0.717) is 13.0 Å². The molecule has 1 atom stereocenters. The molecule has 3 rings (SSSR count). The van der Waals surface area contributed by atoms with E-state index in [1.165, 1.54) is 6.42 Å². The van der Waals surface area contributed by atoms with Gasteiger partial charge in [-0.15, -0.1) is 11.3 Å². The molecule has 1 aliphatic rings. The number of aromatic nitrogens is 3. The van der Waals surface area contributed by atoms with E-state index in [-0.39, 0.29) is 17.4 Å². The highest BCUT2D eigenvalue weighted by atomic mass is 32.1. The third kappa shape index (κ3) is 3.86. The van der Waals surface area contributed by atoms with Crippen LogP contribution in [0.4, 0.5) is 0 Å². The number of nitrogens with zero attached hydrogens (tertiary/aromatic N) is 4. The molecular weight excluding hydrogens is 320 g/mol. The average molecular weight is 346 g/mol. The number of hydrogen-bond acceptors (Lipinski definition) is 4. The van der Waals surface area contributed by atoms with Crippen molar-refractivity contribution in [1.82, 2.24) is 19.4 Å². The van der Waals surface area contributed by atoms with Crippen LogP contribution >= 0.6 is 11.3 Å². The molecule has 0 aromatic carbocycles. The summed E-state index contributed by atoms with van der Waals surface area (Å²) in [6.45, 7) is 8.08. The van der Waals surface area contributed by atoms with Gasteiger partial charge in [0.1, 0.15) is 5.01 Å². The van der Waals surface area contributed by atoms with Crippen LogP contribution in [0.3, 0.4) is 0 Å². The van der Waals surface area contributed by atoms with Gasteiger partial charge in [0, 0.05) is 42.7 Å². The maximum Gasteiger partial charge on any atom is 0.224 e. The van der Waals surface area contributed by atoms with E-state index in [1.54, 1.807) is 23.9 Å². The van der Waals surface area contributed by atoms with Gasteiger partial charge >= 0.3 is 0 Å². The Hall–Kier alpha value is -1.69. The Morgan fingerprint density at radius 2 is 2.21 bits per heavy atom. The Bertz CT molecular complexity index is 672. The number of carbonyl (C=O) groups excluding carboxylic acids is 1.